The number of benzene rings is 1. The van der Waals surface area contributed by atoms with Crippen molar-refractivity contribution in [3.05, 3.63) is 35.9 Å². The van der Waals surface area contributed by atoms with Crippen molar-refractivity contribution in [3.63, 3.8) is 0 Å². The van der Waals surface area contributed by atoms with Crippen LogP contribution in [0.15, 0.2) is 30.3 Å². The number of halogens is 1. The van der Waals surface area contributed by atoms with Crippen LogP contribution in [0.2, 0.25) is 0 Å². The molecule has 4 rings (SSSR count). The number of nitrogens with one attached hydrogen (secondary N) is 2. The number of rotatable bonds is 11. The van der Waals surface area contributed by atoms with Gasteiger partial charge in [0.15, 0.2) is 0 Å². The van der Waals surface area contributed by atoms with Gasteiger partial charge >= 0.3 is 6.09 Å². The first-order valence-corrected chi connectivity index (χ1v) is 17.8. The number of nitrogens with zero attached hydrogens (tertiary/aromatic N) is 2. The first-order chi connectivity index (χ1) is 20.1. The minimum atomic E-state index is -0.684. The lowest BCUT2D eigenvalue weighted by Gasteiger charge is -2.35. The van der Waals surface area contributed by atoms with Gasteiger partial charge in [0.05, 0.1) is 11.0 Å². The fraction of sp³-hybridized carbons (Fsp3) is 0.719. The van der Waals surface area contributed by atoms with E-state index in [1.807, 2.05) is 19.9 Å². The molecule has 1 aromatic carbocycles. The Morgan fingerprint density at radius 2 is 1.72 bits per heavy atom. The van der Waals surface area contributed by atoms with Gasteiger partial charge in [0.25, 0.3) is 0 Å². The molecule has 1 saturated carbocycles. The fourth-order valence-corrected chi connectivity index (χ4v) is 8.62. The Balaban J connectivity index is 0.00000506. The summed E-state index contributed by atoms with van der Waals surface area (Å²) in [5.41, 5.74) is 1.30. The highest BCUT2D eigenvalue weighted by Gasteiger charge is 2.48. The van der Waals surface area contributed by atoms with Crippen molar-refractivity contribution in [3.8, 4) is 0 Å². The minimum absolute atomic E-state index is 0. The lowest BCUT2D eigenvalue weighted by atomic mass is 9.91. The van der Waals surface area contributed by atoms with Gasteiger partial charge in [-0.15, -0.1) is 24.2 Å². The van der Waals surface area contributed by atoms with E-state index in [-0.39, 0.29) is 36.4 Å². The van der Waals surface area contributed by atoms with Gasteiger partial charge in [0.2, 0.25) is 11.8 Å². The monoisotopic (exact) mass is 654 g/mol. The Hall–Kier alpha value is -1.62. The summed E-state index contributed by atoms with van der Waals surface area (Å²) in [6.07, 6.45) is 7.38. The number of ether oxygens (including phenoxy) is 1. The van der Waals surface area contributed by atoms with E-state index in [0.29, 0.717) is 17.4 Å². The lowest BCUT2D eigenvalue weighted by Crippen LogP contribution is -2.58. The molecular weight excluding hydrogens is 604 g/mol. The van der Waals surface area contributed by atoms with Crippen LogP contribution in [0.5, 0.6) is 0 Å². The molecule has 2 aliphatic heterocycles. The Bertz CT molecular complexity index is 1030. The first-order valence-electron chi connectivity index (χ1n) is 15.7. The molecule has 0 aromatic heterocycles. The zero-order valence-corrected chi connectivity index (χ0v) is 28.7. The minimum Gasteiger partial charge on any atom is -0.447 e. The topological polar surface area (TPSA) is 91.0 Å². The van der Waals surface area contributed by atoms with Crippen LogP contribution >= 0.6 is 35.9 Å². The summed E-state index contributed by atoms with van der Waals surface area (Å²) in [6.45, 7) is 10.2. The van der Waals surface area contributed by atoms with Crippen LogP contribution in [0, 0.1) is 5.92 Å². The van der Waals surface area contributed by atoms with Crippen LogP contribution < -0.4 is 10.6 Å². The average molecular weight is 655 g/mol. The van der Waals surface area contributed by atoms with Gasteiger partial charge in [-0.25, -0.2) is 4.79 Å². The van der Waals surface area contributed by atoms with Crippen molar-refractivity contribution < 1.29 is 19.1 Å². The van der Waals surface area contributed by atoms with Crippen molar-refractivity contribution in [1.82, 2.24) is 20.4 Å². The van der Waals surface area contributed by atoms with E-state index >= 15 is 0 Å². The molecule has 3 aliphatic rings. The van der Waals surface area contributed by atoms with Crippen LogP contribution in [-0.2, 0) is 20.9 Å². The summed E-state index contributed by atoms with van der Waals surface area (Å²) < 4.78 is 5.49. The molecule has 0 radical (unpaired) electrons. The predicted molar refractivity (Wildman–Crippen MR) is 180 cm³/mol. The number of carbonyl (C=O) groups excluding carboxylic acids is 3. The van der Waals surface area contributed by atoms with Crippen LogP contribution in [0.25, 0.3) is 0 Å². The number of likely N-dealkylation sites (tertiary alicyclic amines) is 1. The molecule has 0 bridgehead atoms. The lowest BCUT2D eigenvalue weighted by molar-refractivity contribution is -0.131. The smallest absolute Gasteiger partial charge is 0.411 e. The van der Waals surface area contributed by atoms with Crippen molar-refractivity contribution in [1.29, 1.82) is 0 Å². The van der Waals surface area contributed by atoms with Crippen LogP contribution in [0.3, 0.4) is 0 Å². The third kappa shape index (κ3) is 10.8. The highest BCUT2D eigenvalue weighted by molar-refractivity contribution is 8.00. The Labute approximate surface area is 273 Å². The number of thioether (sulfide) groups is 2. The zero-order chi connectivity index (χ0) is 30.1. The van der Waals surface area contributed by atoms with E-state index in [0.717, 1.165) is 38.2 Å². The van der Waals surface area contributed by atoms with Gasteiger partial charge in [0, 0.05) is 37.2 Å². The number of carbonyl (C=O) groups is 3. The van der Waals surface area contributed by atoms with E-state index in [1.165, 1.54) is 37.7 Å². The van der Waals surface area contributed by atoms with Crippen molar-refractivity contribution >= 4 is 53.8 Å². The van der Waals surface area contributed by atoms with E-state index in [1.54, 1.807) is 42.3 Å². The maximum Gasteiger partial charge on any atom is 0.411 e. The second-order valence-corrected chi connectivity index (χ2v) is 15.4. The average Bonchev–Trinajstić information content (AvgIpc) is 3.29. The molecule has 1 aliphatic carbocycles. The summed E-state index contributed by atoms with van der Waals surface area (Å²) in [4.78, 5) is 43.7. The van der Waals surface area contributed by atoms with Crippen molar-refractivity contribution in [2.24, 2.45) is 5.92 Å². The first kappa shape index (κ1) is 35.9. The molecule has 1 aromatic rings. The predicted octanol–water partition coefficient (Wildman–Crippen LogP) is 5.69. The largest absolute Gasteiger partial charge is 0.447 e. The van der Waals surface area contributed by atoms with Crippen LogP contribution in [0.4, 0.5) is 4.79 Å². The normalized spacial score (nSPS) is 22.1. The molecule has 8 nitrogen and oxygen atoms in total. The van der Waals surface area contributed by atoms with Gasteiger partial charge in [-0.1, -0.05) is 49.6 Å². The van der Waals surface area contributed by atoms with Gasteiger partial charge in [0.1, 0.15) is 12.1 Å². The van der Waals surface area contributed by atoms with Gasteiger partial charge in [-0.3, -0.25) is 19.4 Å². The number of hydrogen-bond acceptors (Lipinski definition) is 7. The summed E-state index contributed by atoms with van der Waals surface area (Å²) in [5, 5.41) is 6.32. The summed E-state index contributed by atoms with van der Waals surface area (Å²) in [5.74, 6) is 2.28. The number of hydrogen-bond donors (Lipinski definition) is 2. The Morgan fingerprint density at radius 1 is 1.05 bits per heavy atom. The molecule has 2 saturated heterocycles. The third-order valence-corrected chi connectivity index (χ3v) is 11.2. The molecule has 0 unspecified atom stereocenters. The second-order valence-electron chi connectivity index (χ2n) is 12.7. The van der Waals surface area contributed by atoms with Gasteiger partial charge in [-0.2, -0.15) is 11.8 Å². The zero-order valence-electron chi connectivity index (χ0n) is 26.2. The molecule has 0 spiro atoms. The van der Waals surface area contributed by atoms with E-state index < -0.39 is 23.0 Å². The Morgan fingerprint density at radius 3 is 2.37 bits per heavy atom. The van der Waals surface area contributed by atoms with E-state index in [4.69, 9.17) is 4.74 Å². The summed E-state index contributed by atoms with van der Waals surface area (Å²) in [6, 6.07) is 9.24. The van der Waals surface area contributed by atoms with Gasteiger partial charge in [-0.05, 0) is 70.6 Å². The van der Waals surface area contributed by atoms with E-state index in [9.17, 15) is 14.4 Å². The molecular formula is C32H51ClN4O4S2. The summed E-state index contributed by atoms with van der Waals surface area (Å²) >= 11 is 3.32. The quantitative estimate of drug-likeness (QED) is 0.317. The summed E-state index contributed by atoms with van der Waals surface area (Å²) in [7, 11) is 0. The maximum absolute atomic E-state index is 13.7. The molecule has 3 amide bonds. The van der Waals surface area contributed by atoms with Crippen LogP contribution in [0.1, 0.15) is 78.2 Å². The maximum atomic E-state index is 13.7. The van der Waals surface area contributed by atoms with E-state index in [2.05, 4.69) is 39.8 Å². The second kappa shape index (κ2) is 17.2. The molecule has 2 atom stereocenters. The van der Waals surface area contributed by atoms with Crippen LogP contribution in [-0.4, -0.2) is 87.2 Å². The molecule has 43 heavy (non-hydrogen) atoms. The number of amides is 3. The third-order valence-electron chi connectivity index (χ3n) is 8.50. The number of piperidine rings is 1. The van der Waals surface area contributed by atoms with Crippen molar-refractivity contribution in [2.75, 3.05) is 30.3 Å². The highest BCUT2D eigenvalue weighted by atomic mass is 35.5. The molecule has 2 heterocycles. The highest BCUT2D eigenvalue weighted by Crippen LogP contribution is 2.39. The SMILES string of the molecule is CC(C)OC(=O)N1[C@H](C(=O)N[C@@H](CSCC2CCCCC2)C(=O)NC2CCN(Cc3ccccc3)CC2)CSC1(C)C.Cl. The van der Waals surface area contributed by atoms with Gasteiger partial charge < -0.3 is 15.4 Å². The Kier molecular flexibility index (Phi) is 14.3. The standard InChI is InChI=1S/C32H50N4O4S2.ClH/c1-23(2)40-31(39)36-28(22-42-32(36,3)4)30(38)34-27(21-41-20-25-13-9-6-10-14-25)29(37)33-26-15-17-35(18-16-26)19-24-11-7-5-8-12-24;/h5,7-8,11-12,23,25-28H,6,9-10,13-22H2,1-4H3,(H,33,37)(H,34,38);1H/t27-,28-;/m0./s1. The molecule has 3 fully saturated rings. The molecule has 2 N–H and O–H groups in total. The molecule has 11 heteroatoms. The fourth-order valence-electron chi connectivity index (χ4n) is 6.14. The molecule has 242 valence electrons. The van der Waals surface area contributed by atoms with Crippen molar-refractivity contribution in [2.45, 2.75) is 108 Å².